The number of benzene rings is 2. The van der Waals surface area contributed by atoms with Crippen molar-refractivity contribution in [2.24, 2.45) is 0 Å². The fourth-order valence-electron chi connectivity index (χ4n) is 2.30. The second kappa shape index (κ2) is 6.23. The number of hydrogen-bond acceptors (Lipinski definition) is 3. The zero-order valence-electron chi connectivity index (χ0n) is 12.1. The van der Waals surface area contributed by atoms with Gasteiger partial charge in [-0.25, -0.2) is 9.37 Å². The monoisotopic (exact) mass is 314 g/mol. The Balaban J connectivity index is 1.75. The first-order valence-electron chi connectivity index (χ1n) is 7.08. The second-order valence-electron chi connectivity index (χ2n) is 4.99. The minimum atomic E-state index is -0.303. The number of para-hydroxylation sites is 1. The van der Waals surface area contributed by atoms with Crippen molar-refractivity contribution in [3.05, 3.63) is 59.4 Å². The van der Waals surface area contributed by atoms with Gasteiger partial charge < -0.3 is 5.32 Å². The summed E-state index contributed by atoms with van der Waals surface area (Å²) in [6.45, 7) is 2.08. The molecule has 0 aliphatic heterocycles. The molecule has 2 aromatic carbocycles. The first-order valence-corrected chi connectivity index (χ1v) is 7.90. The minimum absolute atomic E-state index is 0.149. The van der Waals surface area contributed by atoms with E-state index in [9.17, 15) is 9.18 Å². The fourth-order valence-corrected chi connectivity index (χ4v) is 3.23. The van der Waals surface area contributed by atoms with Crippen molar-refractivity contribution in [2.45, 2.75) is 19.8 Å². The van der Waals surface area contributed by atoms with Gasteiger partial charge in [0, 0.05) is 0 Å². The molecule has 1 heterocycles. The van der Waals surface area contributed by atoms with Crippen LogP contribution in [-0.4, -0.2) is 10.9 Å². The van der Waals surface area contributed by atoms with Gasteiger partial charge >= 0.3 is 0 Å². The van der Waals surface area contributed by atoms with Gasteiger partial charge in [0.15, 0.2) is 5.13 Å². The number of aromatic nitrogens is 1. The van der Waals surface area contributed by atoms with Gasteiger partial charge in [-0.15, -0.1) is 0 Å². The Morgan fingerprint density at radius 1 is 1.23 bits per heavy atom. The third kappa shape index (κ3) is 3.14. The summed E-state index contributed by atoms with van der Waals surface area (Å²) in [5, 5.41) is 3.42. The van der Waals surface area contributed by atoms with Crippen molar-refractivity contribution >= 4 is 32.6 Å². The van der Waals surface area contributed by atoms with Crippen LogP contribution in [-0.2, 0) is 17.6 Å². The van der Waals surface area contributed by atoms with Crippen LogP contribution in [0.25, 0.3) is 10.2 Å². The van der Waals surface area contributed by atoms with Crippen molar-refractivity contribution in [3.63, 3.8) is 0 Å². The summed E-state index contributed by atoms with van der Waals surface area (Å²) in [4.78, 5) is 16.6. The lowest BCUT2D eigenvalue weighted by molar-refractivity contribution is -0.115. The molecule has 112 valence electrons. The van der Waals surface area contributed by atoms with Crippen LogP contribution in [0.2, 0.25) is 0 Å². The number of hydrogen-bond donors (Lipinski definition) is 1. The molecule has 0 aliphatic rings. The number of rotatable bonds is 4. The first kappa shape index (κ1) is 14.7. The number of anilines is 1. The summed E-state index contributed by atoms with van der Waals surface area (Å²) in [7, 11) is 0. The van der Waals surface area contributed by atoms with Gasteiger partial charge in [0.1, 0.15) is 5.82 Å². The third-order valence-electron chi connectivity index (χ3n) is 3.41. The van der Waals surface area contributed by atoms with E-state index in [1.165, 1.54) is 29.0 Å². The molecule has 0 unspecified atom stereocenters. The molecular formula is C17H15FN2OS. The standard InChI is InChI=1S/C17H15FN2OS/c1-2-12-4-3-5-14-16(12)20-17(22-14)19-15(21)10-11-6-8-13(18)9-7-11/h3-9H,2,10H2,1H3,(H,19,20,21). The summed E-state index contributed by atoms with van der Waals surface area (Å²) in [5.74, 6) is -0.453. The summed E-state index contributed by atoms with van der Waals surface area (Å²) < 4.78 is 13.9. The van der Waals surface area contributed by atoms with Crippen molar-refractivity contribution in [1.82, 2.24) is 4.98 Å². The third-order valence-corrected chi connectivity index (χ3v) is 4.34. The lowest BCUT2D eigenvalue weighted by Gasteiger charge is -2.01. The highest BCUT2D eigenvalue weighted by Gasteiger charge is 2.10. The van der Waals surface area contributed by atoms with E-state index in [-0.39, 0.29) is 18.1 Å². The molecule has 5 heteroatoms. The molecule has 0 fully saturated rings. The predicted octanol–water partition coefficient (Wildman–Crippen LogP) is 4.18. The molecular weight excluding hydrogens is 299 g/mol. The highest BCUT2D eigenvalue weighted by Crippen LogP contribution is 2.28. The maximum atomic E-state index is 12.9. The number of halogens is 1. The van der Waals surface area contributed by atoms with Crippen molar-refractivity contribution in [1.29, 1.82) is 0 Å². The molecule has 0 aliphatic carbocycles. The van der Waals surface area contributed by atoms with E-state index in [1.54, 1.807) is 12.1 Å². The Kier molecular flexibility index (Phi) is 4.15. The van der Waals surface area contributed by atoms with Crippen molar-refractivity contribution in [2.75, 3.05) is 5.32 Å². The quantitative estimate of drug-likeness (QED) is 0.785. The lowest BCUT2D eigenvalue weighted by atomic mass is 10.1. The first-order chi connectivity index (χ1) is 10.7. The van der Waals surface area contributed by atoms with Gasteiger partial charge in [-0.1, -0.05) is 42.5 Å². The van der Waals surface area contributed by atoms with Crippen LogP contribution in [0, 0.1) is 5.82 Å². The molecule has 3 nitrogen and oxygen atoms in total. The maximum absolute atomic E-state index is 12.9. The molecule has 3 aromatic rings. The Hall–Kier alpha value is -2.27. The van der Waals surface area contributed by atoms with Crippen LogP contribution >= 0.6 is 11.3 Å². The number of nitrogens with one attached hydrogen (secondary N) is 1. The van der Waals surface area contributed by atoms with Gasteiger partial charge in [0.25, 0.3) is 0 Å². The Morgan fingerprint density at radius 3 is 2.73 bits per heavy atom. The van der Waals surface area contributed by atoms with Gasteiger partial charge in [0.05, 0.1) is 16.6 Å². The van der Waals surface area contributed by atoms with Gasteiger partial charge in [0.2, 0.25) is 5.91 Å². The molecule has 1 amide bonds. The van der Waals surface area contributed by atoms with Crippen LogP contribution in [0.4, 0.5) is 9.52 Å². The van der Waals surface area contributed by atoms with Crippen LogP contribution in [0.3, 0.4) is 0 Å². The molecule has 3 rings (SSSR count). The Morgan fingerprint density at radius 2 is 2.00 bits per heavy atom. The number of nitrogens with zero attached hydrogens (tertiary/aromatic N) is 1. The molecule has 22 heavy (non-hydrogen) atoms. The molecule has 0 bridgehead atoms. The van der Waals surface area contributed by atoms with E-state index in [0.717, 1.165) is 22.2 Å². The summed E-state index contributed by atoms with van der Waals surface area (Å²) in [6, 6.07) is 12.0. The molecule has 1 N–H and O–H groups in total. The van der Waals surface area contributed by atoms with Crippen molar-refractivity contribution < 1.29 is 9.18 Å². The lowest BCUT2D eigenvalue weighted by Crippen LogP contribution is -2.14. The van der Waals surface area contributed by atoms with E-state index in [0.29, 0.717) is 5.13 Å². The number of carbonyl (C=O) groups excluding carboxylic acids is 1. The zero-order chi connectivity index (χ0) is 15.5. The van der Waals surface area contributed by atoms with E-state index in [2.05, 4.69) is 17.2 Å². The van der Waals surface area contributed by atoms with E-state index >= 15 is 0 Å². The predicted molar refractivity (Wildman–Crippen MR) is 87.7 cm³/mol. The van der Waals surface area contributed by atoms with Gasteiger partial charge in [-0.3, -0.25) is 4.79 Å². The maximum Gasteiger partial charge on any atom is 0.230 e. The summed E-state index contributed by atoms with van der Waals surface area (Å²) >= 11 is 1.47. The van der Waals surface area contributed by atoms with Crippen LogP contribution in [0.15, 0.2) is 42.5 Å². The normalized spacial score (nSPS) is 10.8. The average molecular weight is 314 g/mol. The average Bonchev–Trinajstić information content (AvgIpc) is 2.91. The molecule has 0 atom stereocenters. The van der Waals surface area contributed by atoms with Crippen LogP contribution in [0.1, 0.15) is 18.1 Å². The minimum Gasteiger partial charge on any atom is -0.302 e. The second-order valence-corrected chi connectivity index (χ2v) is 6.02. The fraction of sp³-hybridized carbons (Fsp3) is 0.176. The molecule has 0 radical (unpaired) electrons. The van der Waals surface area contributed by atoms with Crippen LogP contribution in [0.5, 0.6) is 0 Å². The molecule has 0 saturated carbocycles. The largest absolute Gasteiger partial charge is 0.302 e. The SMILES string of the molecule is CCc1cccc2sc(NC(=O)Cc3ccc(F)cc3)nc12. The van der Waals surface area contributed by atoms with Gasteiger partial charge in [-0.05, 0) is 35.7 Å². The number of amides is 1. The Labute approximate surface area is 131 Å². The van der Waals surface area contributed by atoms with E-state index in [1.807, 2.05) is 18.2 Å². The highest BCUT2D eigenvalue weighted by atomic mass is 32.1. The number of carbonyl (C=O) groups is 1. The molecule has 1 aromatic heterocycles. The highest BCUT2D eigenvalue weighted by molar-refractivity contribution is 7.22. The number of fused-ring (bicyclic) bond motifs is 1. The van der Waals surface area contributed by atoms with Crippen molar-refractivity contribution in [3.8, 4) is 0 Å². The smallest absolute Gasteiger partial charge is 0.230 e. The van der Waals surface area contributed by atoms with E-state index in [4.69, 9.17) is 0 Å². The van der Waals surface area contributed by atoms with Gasteiger partial charge in [-0.2, -0.15) is 0 Å². The molecule has 0 saturated heterocycles. The molecule has 0 spiro atoms. The number of thiazole rings is 1. The van der Waals surface area contributed by atoms with Crippen LogP contribution < -0.4 is 5.32 Å². The summed E-state index contributed by atoms with van der Waals surface area (Å²) in [5.41, 5.74) is 2.90. The number of aryl methyl sites for hydroxylation is 1. The zero-order valence-corrected chi connectivity index (χ0v) is 12.9. The Bertz CT molecular complexity index is 811. The summed E-state index contributed by atoms with van der Waals surface area (Å²) in [6.07, 6.45) is 1.11. The topological polar surface area (TPSA) is 42.0 Å². The van der Waals surface area contributed by atoms with E-state index < -0.39 is 0 Å².